The molecule has 0 aromatic rings. The summed E-state index contributed by atoms with van der Waals surface area (Å²) in [7, 11) is 0. The fraction of sp³-hybridized carbons (Fsp3) is 0.933. The normalized spacial score (nSPS) is 27.4. The smallest absolute Gasteiger partial charge is 0.108 e. The SMILES string of the molecule is CCCC1CCCN(CC(C#N)NC2CC2)CC1. The van der Waals surface area contributed by atoms with Gasteiger partial charge in [0.1, 0.15) is 6.04 Å². The van der Waals surface area contributed by atoms with Crippen LogP contribution in [0.1, 0.15) is 51.9 Å². The average Bonchev–Trinajstić information content (AvgIpc) is 3.18. The zero-order valence-electron chi connectivity index (χ0n) is 11.7. The van der Waals surface area contributed by atoms with Gasteiger partial charge in [-0.1, -0.05) is 19.8 Å². The summed E-state index contributed by atoms with van der Waals surface area (Å²) >= 11 is 0. The molecular formula is C15H27N3. The van der Waals surface area contributed by atoms with E-state index in [1.54, 1.807) is 0 Å². The van der Waals surface area contributed by atoms with Crippen LogP contribution in [-0.4, -0.2) is 36.6 Å². The quantitative estimate of drug-likeness (QED) is 0.786. The van der Waals surface area contributed by atoms with Crippen molar-refractivity contribution in [2.45, 2.75) is 64.0 Å². The number of hydrogen-bond acceptors (Lipinski definition) is 3. The van der Waals surface area contributed by atoms with Crippen LogP contribution in [0.4, 0.5) is 0 Å². The molecule has 1 aliphatic carbocycles. The van der Waals surface area contributed by atoms with E-state index in [9.17, 15) is 5.26 Å². The lowest BCUT2D eigenvalue weighted by atomic mass is 9.96. The van der Waals surface area contributed by atoms with Gasteiger partial charge in [0, 0.05) is 12.6 Å². The van der Waals surface area contributed by atoms with Crippen LogP contribution < -0.4 is 5.32 Å². The summed E-state index contributed by atoms with van der Waals surface area (Å²) in [6.45, 7) is 5.58. The predicted molar refractivity (Wildman–Crippen MR) is 74.2 cm³/mol. The molecule has 2 aliphatic rings. The third-order valence-electron chi connectivity index (χ3n) is 4.25. The molecule has 3 heteroatoms. The number of nitrogens with zero attached hydrogens (tertiary/aromatic N) is 2. The summed E-state index contributed by atoms with van der Waals surface area (Å²) in [5.74, 6) is 0.928. The Morgan fingerprint density at radius 2 is 2.11 bits per heavy atom. The summed E-state index contributed by atoms with van der Waals surface area (Å²) in [4.78, 5) is 2.50. The highest BCUT2D eigenvalue weighted by Crippen LogP contribution is 2.23. The zero-order valence-corrected chi connectivity index (χ0v) is 11.7. The van der Waals surface area contributed by atoms with E-state index in [4.69, 9.17) is 0 Å². The van der Waals surface area contributed by atoms with Gasteiger partial charge in [-0.3, -0.25) is 5.32 Å². The Bertz CT molecular complexity index is 280. The molecule has 0 aromatic heterocycles. The van der Waals surface area contributed by atoms with Crippen molar-refractivity contribution in [3.63, 3.8) is 0 Å². The van der Waals surface area contributed by atoms with Gasteiger partial charge in [-0.25, -0.2) is 0 Å². The molecule has 1 saturated heterocycles. The van der Waals surface area contributed by atoms with Crippen molar-refractivity contribution in [2.24, 2.45) is 5.92 Å². The molecule has 1 saturated carbocycles. The largest absolute Gasteiger partial charge is 0.301 e. The molecule has 0 bridgehead atoms. The maximum atomic E-state index is 9.20. The van der Waals surface area contributed by atoms with Crippen LogP contribution >= 0.6 is 0 Å². The lowest BCUT2D eigenvalue weighted by Crippen LogP contribution is -2.41. The lowest BCUT2D eigenvalue weighted by Gasteiger charge is -2.23. The van der Waals surface area contributed by atoms with Crippen LogP contribution in [0.5, 0.6) is 0 Å². The minimum Gasteiger partial charge on any atom is -0.301 e. The van der Waals surface area contributed by atoms with Crippen LogP contribution in [0.2, 0.25) is 0 Å². The summed E-state index contributed by atoms with van der Waals surface area (Å²) in [6.07, 6.45) is 9.25. The molecule has 102 valence electrons. The Kier molecular flexibility index (Phi) is 5.46. The number of nitrogens with one attached hydrogen (secondary N) is 1. The average molecular weight is 249 g/mol. The molecule has 2 atom stereocenters. The Balaban J connectivity index is 1.73. The second-order valence-corrected chi connectivity index (χ2v) is 6.01. The third kappa shape index (κ3) is 4.59. The van der Waals surface area contributed by atoms with E-state index in [0.717, 1.165) is 12.5 Å². The van der Waals surface area contributed by atoms with Crippen molar-refractivity contribution < 1.29 is 0 Å². The minimum atomic E-state index is 0.0419. The van der Waals surface area contributed by atoms with Gasteiger partial charge in [0.05, 0.1) is 6.07 Å². The van der Waals surface area contributed by atoms with Crippen LogP contribution in [0, 0.1) is 17.2 Å². The van der Waals surface area contributed by atoms with Crippen molar-refractivity contribution in [3.05, 3.63) is 0 Å². The van der Waals surface area contributed by atoms with Crippen molar-refractivity contribution in [1.82, 2.24) is 10.2 Å². The van der Waals surface area contributed by atoms with E-state index in [1.165, 1.54) is 58.0 Å². The van der Waals surface area contributed by atoms with Gasteiger partial charge >= 0.3 is 0 Å². The highest BCUT2D eigenvalue weighted by Gasteiger charge is 2.26. The number of hydrogen-bond donors (Lipinski definition) is 1. The molecule has 1 N–H and O–H groups in total. The third-order valence-corrected chi connectivity index (χ3v) is 4.25. The number of likely N-dealkylation sites (tertiary alicyclic amines) is 1. The lowest BCUT2D eigenvalue weighted by molar-refractivity contribution is 0.262. The Labute approximate surface area is 112 Å². The minimum absolute atomic E-state index is 0.0419. The van der Waals surface area contributed by atoms with E-state index < -0.39 is 0 Å². The molecule has 18 heavy (non-hydrogen) atoms. The zero-order chi connectivity index (χ0) is 12.8. The van der Waals surface area contributed by atoms with E-state index in [2.05, 4.69) is 23.2 Å². The highest BCUT2D eigenvalue weighted by molar-refractivity contribution is 4.97. The van der Waals surface area contributed by atoms with E-state index in [0.29, 0.717) is 6.04 Å². The number of rotatable bonds is 6. The van der Waals surface area contributed by atoms with Gasteiger partial charge < -0.3 is 4.90 Å². The van der Waals surface area contributed by atoms with Gasteiger partial charge in [0.25, 0.3) is 0 Å². The summed E-state index contributed by atoms with van der Waals surface area (Å²) in [5.41, 5.74) is 0. The Hall–Kier alpha value is -0.590. The van der Waals surface area contributed by atoms with Gasteiger partial charge in [-0.2, -0.15) is 5.26 Å². The Morgan fingerprint density at radius 3 is 2.78 bits per heavy atom. The van der Waals surface area contributed by atoms with Crippen LogP contribution in [-0.2, 0) is 0 Å². The molecule has 2 rings (SSSR count). The van der Waals surface area contributed by atoms with Gasteiger partial charge in [0.2, 0.25) is 0 Å². The van der Waals surface area contributed by atoms with Crippen molar-refractivity contribution in [1.29, 1.82) is 5.26 Å². The summed E-state index contributed by atoms with van der Waals surface area (Å²) in [6, 6.07) is 3.10. The van der Waals surface area contributed by atoms with Crippen LogP contribution in [0.3, 0.4) is 0 Å². The van der Waals surface area contributed by atoms with Gasteiger partial charge in [-0.05, 0) is 51.1 Å². The second kappa shape index (κ2) is 7.11. The topological polar surface area (TPSA) is 39.1 Å². The van der Waals surface area contributed by atoms with Gasteiger partial charge in [-0.15, -0.1) is 0 Å². The Morgan fingerprint density at radius 1 is 1.28 bits per heavy atom. The molecule has 1 aliphatic heterocycles. The molecule has 0 aromatic carbocycles. The molecule has 0 spiro atoms. The molecular weight excluding hydrogens is 222 g/mol. The highest BCUT2D eigenvalue weighted by atomic mass is 15.2. The molecule has 2 unspecified atom stereocenters. The standard InChI is InChI=1S/C15H27N3/c1-2-4-13-5-3-9-18(10-8-13)12-15(11-16)17-14-6-7-14/h13-15,17H,2-10,12H2,1H3. The van der Waals surface area contributed by atoms with Gasteiger partial charge in [0.15, 0.2) is 0 Å². The first kappa shape index (κ1) is 13.8. The van der Waals surface area contributed by atoms with E-state index in [1.807, 2.05) is 0 Å². The molecule has 3 nitrogen and oxygen atoms in total. The van der Waals surface area contributed by atoms with Crippen molar-refractivity contribution in [2.75, 3.05) is 19.6 Å². The predicted octanol–water partition coefficient (Wildman–Crippen LogP) is 2.53. The molecule has 2 fully saturated rings. The van der Waals surface area contributed by atoms with Crippen LogP contribution in [0.25, 0.3) is 0 Å². The van der Waals surface area contributed by atoms with Crippen molar-refractivity contribution in [3.8, 4) is 6.07 Å². The first-order chi connectivity index (χ1) is 8.81. The fourth-order valence-electron chi connectivity index (χ4n) is 3.03. The first-order valence-corrected chi connectivity index (χ1v) is 7.69. The summed E-state index contributed by atoms with van der Waals surface area (Å²) in [5, 5.41) is 12.6. The molecule has 0 radical (unpaired) electrons. The van der Waals surface area contributed by atoms with Crippen LogP contribution in [0.15, 0.2) is 0 Å². The maximum absolute atomic E-state index is 9.20. The molecule has 1 heterocycles. The monoisotopic (exact) mass is 249 g/mol. The second-order valence-electron chi connectivity index (χ2n) is 6.01. The maximum Gasteiger partial charge on any atom is 0.108 e. The first-order valence-electron chi connectivity index (χ1n) is 7.69. The van der Waals surface area contributed by atoms with E-state index in [-0.39, 0.29) is 6.04 Å². The van der Waals surface area contributed by atoms with Crippen molar-refractivity contribution >= 4 is 0 Å². The fourth-order valence-corrected chi connectivity index (χ4v) is 3.03. The van der Waals surface area contributed by atoms with E-state index >= 15 is 0 Å². The molecule has 0 amide bonds. The number of nitriles is 1. The summed E-state index contributed by atoms with van der Waals surface area (Å²) < 4.78 is 0.